The van der Waals surface area contributed by atoms with Crippen molar-refractivity contribution in [2.24, 2.45) is 0 Å². The molecule has 0 spiro atoms. The largest absolute Gasteiger partial charge is 0.478 e. The van der Waals surface area contributed by atoms with Crippen LogP contribution >= 0.6 is 11.6 Å². The lowest BCUT2D eigenvalue weighted by atomic mass is 10.1. The van der Waals surface area contributed by atoms with Gasteiger partial charge in [0, 0.05) is 23.1 Å². The van der Waals surface area contributed by atoms with Crippen LogP contribution in [0.5, 0.6) is 0 Å². The van der Waals surface area contributed by atoms with Crippen molar-refractivity contribution in [3.63, 3.8) is 0 Å². The summed E-state index contributed by atoms with van der Waals surface area (Å²) in [4.78, 5) is 11.0. The second kappa shape index (κ2) is 6.03. The maximum Gasteiger partial charge on any atom is 0.335 e. The first-order chi connectivity index (χ1) is 10.6. The fourth-order valence-electron chi connectivity index (χ4n) is 2.15. The Labute approximate surface area is 131 Å². The molecule has 0 atom stereocenters. The molecule has 0 aliphatic rings. The summed E-state index contributed by atoms with van der Waals surface area (Å²) in [6.07, 6.45) is 0.600. The second-order valence-corrected chi connectivity index (χ2v) is 5.30. The Morgan fingerprint density at radius 2 is 1.91 bits per heavy atom. The van der Waals surface area contributed by atoms with Gasteiger partial charge in [-0.1, -0.05) is 41.0 Å². The normalized spacial score (nSPS) is 10.6. The average Bonchev–Trinajstić information content (AvgIpc) is 2.98. The van der Waals surface area contributed by atoms with Crippen LogP contribution in [0, 0.1) is 0 Å². The predicted octanol–water partition coefficient (Wildman–Crippen LogP) is 4.28. The van der Waals surface area contributed by atoms with Crippen LogP contribution in [0.1, 0.15) is 21.7 Å². The zero-order valence-corrected chi connectivity index (χ0v) is 12.2. The SMILES string of the molecule is O=C(O)c1cccc(-c2cc(Cc3ccc(Cl)cc3)on2)c1. The van der Waals surface area contributed by atoms with Crippen LogP contribution in [0.25, 0.3) is 11.3 Å². The molecule has 0 bridgehead atoms. The maximum absolute atomic E-state index is 11.0. The van der Waals surface area contributed by atoms with Gasteiger partial charge in [-0.2, -0.15) is 0 Å². The molecular formula is C17H12ClNO3. The number of halogens is 1. The predicted molar refractivity (Wildman–Crippen MR) is 83.2 cm³/mol. The zero-order chi connectivity index (χ0) is 15.5. The highest BCUT2D eigenvalue weighted by Gasteiger charge is 2.10. The van der Waals surface area contributed by atoms with Crippen LogP contribution in [0.15, 0.2) is 59.1 Å². The number of carbonyl (C=O) groups is 1. The van der Waals surface area contributed by atoms with Gasteiger partial charge < -0.3 is 9.63 Å². The van der Waals surface area contributed by atoms with Crippen molar-refractivity contribution in [2.75, 3.05) is 0 Å². The lowest BCUT2D eigenvalue weighted by molar-refractivity contribution is 0.0697. The Morgan fingerprint density at radius 3 is 2.64 bits per heavy atom. The summed E-state index contributed by atoms with van der Waals surface area (Å²) in [6.45, 7) is 0. The number of nitrogens with zero attached hydrogens (tertiary/aromatic N) is 1. The number of carboxylic acids is 1. The standard InChI is InChI=1S/C17H12ClNO3/c18-14-6-4-11(5-7-14)8-15-10-16(19-22-15)12-2-1-3-13(9-12)17(20)21/h1-7,9-10H,8H2,(H,20,21). The molecule has 0 aliphatic heterocycles. The molecule has 1 heterocycles. The number of carboxylic acid groups (broad SMARTS) is 1. The molecular weight excluding hydrogens is 302 g/mol. The Balaban J connectivity index is 1.83. The quantitative estimate of drug-likeness (QED) is 0.780. The summed E-state index contributed by atoms with van der Waals surface area (Å²) >= 11 is 5.86. The zero-order valence-electron chi connectivity index (χ0n) is 11.5. The van der Waals surface area contributed by atoms with Crippen LogP contribution in [-0.4, -0.2) is 16.2 Å². The molecule has 0 unspecified atom stereocenters. The van der Waals surface area contributed by atoms with Gasteiger partial charge in [0.2, 0.25) is 0 Å². The molecule has 5 heteroatoms. The van der Waals surface area contributed by atoms with Crippen LogP contribution in [-0.2, 0) is 6.42 Å². The van der Waals surface area contributed by atoms with Gasteiger partial charge in [-0.25, -0.2) is 4.79 Å². The van der Waals surface area contributed by atoms with Gasteiger partial charge in [0.05, 0.1) is 5.56 Å². The minimum absolute atomic E-state index is 0.222. The van der Waals surface area contributed by atoms with Crippen LogP contribution in [0.2, 0.25) is 5.02 Å². The van der Waals surface area contributed by atoms with Gasteiger partial charge in [0.1, 0.15) is 11.5 Å². The minimum atomic E-state index is -0.966. The van der Waals surface area contributed by atoms with Gasteiger partial charge in [-0.05, 0) is 29.8 Å². The van der Waals surface area contributed by atoms with Crippen LogP contribution < -0.4 is 0 Å². The Hall–Kier alpha value is -2.59. The highest BCUT2D eigenvalue weighted by Crippen LogP contribution is 2.22. The van der Waals surface area contributed by atoms with Gasteiger partial charge in [0.25, 0.3) is 0 Å². The van der Waals surface area contributed by atoms with E-state index in [0.29, 0.717) is 28.5 Å². The molecule has 110 valence electrons. The summed E-state index contributed by atoms with van der Waals surface area (Å²) in [5, 5.41) is 13.7. The monoisotopic (exact) mass is 313 g/mol. The first-order valence-electron chi connectivity index (χ1n) is 6.65. The van der Waals surface area contributed by atoms with Crippen molar-refractivity contribution in [1.82, 2.24) is 5.16 Å². The molecule has 22 heavy (non-hydrogen) atoms. The second-order valence-electron chi connectivity index (χ2n) is 4.87. The van der Waals surface area contributed by atoms with E-state index in [2.05, 4.69) is 5.16 Å². The van der Waals surface area contributed by atoms with Crippen molar-refractivity contribution in [2.45, 2.75) is 6.42 Å². The summed E-state index contributed by atoms with van der Waals surface area (Å²) in [7, 11) is 0. The third-order valence-electron chi connectivity index (χ3n) is 3.26. The first kappa shape index (κ1) is 14.4. The highest BCUT2D eigenvalue weighted by molar-refractivity contribution is 6.30. The van der Waals surface area contributed by atoms with E-state index in [-0.39, 0.29) is 5.56 Å². The first-order valence-corrected chi connectivity index (χ1v) is 7.03. The third-order valence-corrected chi connectivity index (χ3v) is 3.51. The van der Waals surface area contributed by atoms with E-state index in [9.17, 15) is 4.79 Å². The van der Waals surface area contributed by atoms with E-state index in [1.807, 2.05) is 30.3 Å². The molecule has 2 aromatic carbocycles. The summed E-state index contributed by atoms with van der Waals surface area (Å²) in [6, 6.07) is 15.9. The molecule has 3 rings (SSSR count). The average molecular weight is 314 g/mol. The van der Waals surface area contributed by atoms with Crippen molar-refractivity contribution >= 4 is 17.6 Å². The summed E-state index contributed by atoms with van der Waals surface area (Å²) in [5.41, 5.74) is 2.62. The number of hydrogen-bond acceptors (Lipinski definition) is 3. The fourth-order valence-corrected chi connectivity index (χ4v) is 2.27. The van der Waals surface area contributed by atoms with E-state index in [1.165, 1.54) is 0 Å². The van der Waals surface area contributed by atoms with Crippen molar-refractivity contribution in [3.05, 3.63) is 76.5 Å². The Bertz CT molecular complexity index is 809. The molecule has 0 fully saturated rings. The van der Waals surface area contributed by atoms with Crippen molar-refractivity contribution in [3.8, 4) is 11.3 Å². The van der Waals surface area contributed by atoms with E-state index in [0.717, 1.165) is 5.56 Å². The maximum atomic E-state index is 11.0. The summed E-state index contributed by atoms with van der Waals surface area (Å²) < 4.78 is 5.32. The van der Waals surface area contributed by atoms with E-state index in [1.54, 1.807) is 24.3 Å². The van der Waals surface area contributed by atoms with Gasteiger partial charge >= 0.3 is 5.97 Å². The molecule has 1 N–H and O–H groups in total. The van der Waals surface area contributed by atoms with Crippen LogP contribution in [0.4, 0.5) is 0 Å². The lowest BCUT2D eigenvalue weighted by Crippen LogP contribution is -1.95. The Morgan fingerprint density at radius 1 is 1.14 bits per heavy atom. The molecule has 4 nitrogen and oxygen atoms in total. The lowest BCUT2D eigenvalue weighted by Gasteiger charge is -1.98. The molecule has 0 radical (unpaired) electrons. The number of benzene rings is 2. The van der Waals surface area contributed by atoms with Gasteiger partial charge in [-0.3, -0.25) is 0 Å². The van der Waals surface area contributed by atoms with Gasteiger partial charge in [0.15, 0.2) is 0 Å². The number of hydrogen-bond donors (Lipinski definition) is 1. The van der Waals surface area contributed by atoms with E-state index < -0.39 is 5.97 Å². The molecule has 0 aliphatic carbocycles. The fraction of sp³-hybridized carbons (Fsp3) is 0.0588. The minimum Gasteiger partial charge on any atom is -0.478 e. The van der Waals surface area contributed by atoms with Crippen molar-refractivity contribution in [1.29, 1.82) is 0 Å². The third kappa shape index (κ3) is 3.18. The van der Waals surface area contributed by atoms with Gasteiger partial charge in [-0.15, -0.1) is 0 Å². The number of aromatic nitrogens is 1. The molecule has 3 aromatic rings. The van der Waals surface area contributed by atoms with Crippen LogP contribution in [0.3, 0.4) is 0 Å². The molecule has 1 aromatic heterocycles. The van der Waals surface area contributed by atoms with Crippen molar-refractivity contribution < 1.29 is 14.4 Å². The van der Waals surface area contributed by atoms with E-state index in [4.69, 9.17) is 21.2 Å². The smallest absolute Gasteiger partial charge is 0.335 e. The molecule has 0 saturated carbocycles. The Kier molecular flexibility index (Phi) is 3.94. The van der Waals surface area contributed by atoms with E-state index >= 15 is 0 Å². The topological polar surface area (TPSA) is 63.3 Å². The molecule has 0 saturated heterocycles. The summed E-state index contributed by atoms with van der Waals surface area (Å²) in [5.74, 6) is -0.259. The number of aromatic carboxylic acids is 1. The number of rotatable bonds is 4. The molecule has 0 amide bonds. The highest BCUT2D eigenvalue weighted by atomic mass is 35.5.